The Hall–Kier alpha value is -1.67. The molecule has 2 aromatic rings. The maximum absolute atomic E-state index is 11.9. The molecular weight excluding hydrogens is 266 g/mol. The molecule has 0 atom stereocenters. The predicted octanol–water partition coefficient (Wildman–Crippen LogP) is 0.664. The van der Waals surface area contributed by atoms with E-state index in [0.29, 0.717) is 0 Å². The van der Waals surface area contributed by atoms with Gasteiger partial charge in [-0.25, -0.2) is 9.97 Å². The molecule has 0 unspecified atom stereocenters. The Bertz CT molecular complexity index is 625. The molecule has 0 bridgehead atoms. The van der Waals surface area contributed by atoms with Gasteiger partial charge in [0.25, 0.3) is 10.0 Å². The van der Waals surface area contributed by atoms with Crippen LogP contribution in [-0.4, -0.2) is 27.9 Å². The average molecular weight is 274 g/mol. The van der Waals surface area contributed by atoms with Crippen molar-refractivity contribution in [2.75, 3.05) is 4.72 Å². The zero-order valence-electron chi connectivity index (χ0n) is 8.70. The van der Waals surface area contributed by atoms with E-state index in [4.69, 9.17) is 11.6 Å². The van der Waals surface area contributed by atoms with E-state index in [-0.39, 0.29) is 16.0 Å². The van der Waals surface area contributed by atoms with E-state index in [1.807, 2.05) is 0 Å². The SMILES string of the molecule is Cn1cnc(S(=O)(=O)Nc2cnccn2)c1Cl. The maximum Gasteiger partial charge on any atom is 0.283 e. The molecule has 0 aliphatic heterocycles. The van der Waals surface area contributed by atoms with Crippen LogP contribution in [0, 0.1) is 0 Å². The van der Waals surface area contributed by atoms with E-state index < -0.39 is 10.0 Å². The van der Waals surface area contributed by atoms with Crippen LogP contribution in [0.25, 0.3) is 0 Å². The second-order valence-corrected chi connectivity index (χ2v) is 5.10. The molecule has 0 amide bonds. The quantitative estimate of drug-likeness (QED) is 0.887. The first kappa shape index (κ1) is 11.8. The van der Waals surface area contributed by atoms with Gasteiger partial charge < -0.3 is 4.57 Å². The van der Waals surface area contributed by atoms with Crippen LogP contribution in [0.15, 0.2) is 29.9 Å². The fourth-order valence-corrected chi connectivity index (χ4v) is 2.54. The summed E-state index contributed by atoms with van der Waals surface area (Å²) in [6.07, 6.45) is 5.41. The molecule has 0 spiro atoms. The van der Waals surface area contributed by atoms with Gasteiger partial charge in [0, 0.05) is 19.4 Å². The highest BCUT2D eigenvalue weighted by Crippen LogP contribution is 2.20. The van der Waals surface area contributed by atoms with Crippen LogP contribution in [0.5, 0.6) is 0 Å². The summed E-state index contributed by atoms with van der Waals surface area (Å²) in [7, 11) is -2.25. The lowest BCUT2D eigenvalue weighted by Crippen LogP contribution is -2.15. The number of hydrogen-bond acceptors (Lipinski definition) is 5. The lowest BCUT2D eigenvalue weighted by Gasteiger charge is -2.04. The van der Waals surface area contributed by atoms with Crippen LogP contribution in [-0.2, 0) is 17.1 Å². The summed E-state index contributed by atoms with van der Waals surface area (Å²) in [6, 6.07) is 0. The number of sulfonamides is 1. The molecule has 2 aromatic heterocycles. The van der Waals surface area contributed by atoms with Crippen LogP contribution in [0.3, 0.4) is 0 Å². The first-order chi connectivity index (χ1) is 8.00. The summed E-state index contributed by atoms with van der Waals surface area (Å²) >= 11 is 5.80. The van der Waals surface area contributed by atoms with Crippen molar-refractivity contribution in [1.29, 1.82) is 0 Å². The third-order valence-corrected chi connectivity index (χ3v) is 3.73. The Labute approximate surface area is 103 Å². The van der Waals surface area contributed by atoms with Crippen molar-refractivity contribution in [2.24, 2.45) is 7.05 Å². The van der Waals surface area contributed by atoms with Crippen LogP contribution < -0.4 is 4.72 Å². The normalized spacial score (nSPS) is 11.4. The zero-order chi connectivity index (χ0) is 12.5. The largest absolute Gasteiger partial charge is 0.324 e. The number of anilines is 1. The molecule has 0 radical (unpaired) electrons. The van der Waals surface area contributed by atoms with Crippen LogP contribution in [0.4, 0.5) is 5.82 Å². The topological polar surface area (TPSA) is 89.8 Å². The minimum atomic E-state index is -3.84. The summed E-state index contributed by atoms with van der Waals surface area (Å²) in [6.45, 7) is 0. The third-order valence-electron chi connectivity index (χ3n) is 1.89. The van der Waals surface area contributed by atoms with Crippen molar-refractivity contribution in [3.8, 4) is 0 Å². The highest BCUT2D eigenvalue weighted by molar-refractivity contribution is 7.92. The van der Waals surface area contributed by atoms with E-state index in [1.54, 1.807) is 7.05 Å². The molecule has 0 saturated heterocycles. The van der Waals surface area contributed by atoms with E-state index in [1.165, 1.54) is 29.5 Å². The Morgan fingerprint density at radius 1 is 1.35 bits per heavy atom. The number of halogens is 1. The Balaban J connectivity index is 2.35. The van der Waals surface area contributed by atoms with Crippen LogP contribution in [0.2, 0.25) is 5.15 Å². The number of imidazole rings is 1. The number of nitrogens with zero attached hydrogens (tertiary/aromatic N) is 4. The van der Waals surface area contributed by atoms with Gasteiger partial charge in [0.2, 0.25) is 5.03 Å². The fraction of sp³-hybridized carbons (Fsp3) is 0.125. The molecule has 2 heterocycles. The molecule has 0 aliphatic rings. The molecule has 0 aliphatic carbocycles. The van der Waals surface area contributed by atoms with E-state index in [0.717, 1.165) is 0 Å². The number of rotatable bonds is 3. The van der Waals surface area contributed by atoms with Gasteiger partial charge in [-0.05, 0) is 0 Å². The standard InChI is InChI=1S/C8H8ClN5O2S/c1-14-5-12-8(7(14)9)17(15,16)13-6-4-10-2-3-11-6/h2-5H,1H3,(H,11,13). The summed E-state index contributed by atoms with van der Waals surface area (Å²) in [5.74, 6) is 0.106. The summed E-state index contributed by atoms with van der Waals surface area (Å²) in [5, 5.41) is -0.214. The Morgan fingerprint density at radius 2 is 2.12 bits per heavy atom. The van der Waals surface area contributed by atoms with Gasteiger partial charge in [0.1, 0.15) is 5.15 Å². The molecule has 0 fully saturated rings. The van der Waals surface area contributed by atoms with Gasteiger partial charge in [-0.1, -0.05) is 11.6 Å². The summed E-state index contributed by atoms with van der Waals surface area (Å²) in [4.78, 5) is 11.3. The highest BCUT2D eigenvalue weighted by Gasteiger charge is 2.22. The van der Waals surface area contributed by atoms with Crippen molar-refractivity contribution in [2.45, 2.75) is 5.03 Å². The van der Waals surface area contributed by atoms with Gasteiger partial charge in [-0.15, -0.1) is 0 Å². The first-order valence-corrected chi connectivity index (χ1v) is 6.32. The minimum absolute atomic E-state index is 0.0291. The molecular formula is C8H8ClN5O2S. The van der Waals surface area contributed by atoms with Crippen molar-refractivity contribution in [1.82, 2.24) is 19.5 Å². The van der Waals surface area contributed by atoms with E-state index in [9.17, 15) is 8.42 Å². The number of aryl methyl sites for hydroxylation is 1. The number of nitrogens with one attached hydrogen (secondary N) is 1. The highest BCUT2D eigenvalue weighted by atomic mass is 35.5. The summed E-state index contributed by atoms with van der Waals surface area (Å²) in [5.41, 5.74) is 0. The van der Waals surface area contributed by atoms with Gasteiger partial charge in [0.05, 0.1) is 12.5 Å². The molecule has 7 nitrogen and oxygen atoms in total. The van der Waals surface area contributed by atoms with Gasteiger partial charge in [-0.3, -0.25) is 9.71 Å². The summed E-state index contributed by atoms with van der Waals surface area (Å²) < 4.78 is 27.4. The first-order valence-electron chi connectivity index (χ1n) is 4.46. The van der Waals surface area contributed by atoms with Gasteiger partial charge in [0.15, 0.2) is 5.82 Å². The fourth-order valence-electron chi connectivity index (χ4n) is 1.11. The van der Waals surface area contributed by atoms with Crippen LogP contribution in [0.1, 0.15) is 0 Å². The molecule has 2 rings (SSSR count). The average Bonchev–Trinajstić information content (AvgIpc) is 2.61. The van der Waals surface area contributed by atoms with Crippen molar-refractivity contribution in [3.63, 3.8) is 0 Å². The predicted molar refractivity (Wildman–Crippen MR) is 61.1 cm³/mol. The van der Waals surface area contributed by atoms with Crippen LogP contribution >= 0.6 is 11.6 Å². The lowest BCUT2D eigenvalue weighted by molar-refractivity contribution is 0.598. The molecule has 9 heteroatoms. The Kier molecular flexibility index (Phi) is 2.99. The second-order valence-electron chi connectivity index (χ2n) is 3.15. The molecule has 0 saturated carbocycles. The molecule has 17 heavy (non-hydrogen) atoms. The monoisotopic (exact) mass is 273 g/mol. The van der Waals surface area contributed by atoms with E-state index >= 15 is 0 Å². The lowest BCUT2D eigenvalue weighted by atomic mass is 10.7. The molecule has 90 valence electrons. The van der Waals surface area contributed by atoms with Crippen molar-refractivity contribution < 1.29 is 8.42 Å². The Morgan fingerprint density at radius 3 is 2.65 bits per heavy atom. The second kappa shape index (κ2) is 4.30. The minimum Gasteiger partial charge on any atom is -0.324 e. The van der Waals surface area contributed by atoms with Crippen molar-refractivity contribution >= 4 is 27.4 Å². The maximum atomic E-state index is 11.9. The molecule has 1 N–H and O–H groups in total. The third kappa shape index (κ3) is 2.37. The van der Waals surface area contributed by atoms with Gasteiger partial charge in [-0.2, -0.15) is 8.42 Å². The van der Waals surface area contributed by atoms with Gasteiger partial charge >= 0.3 is 0 Å². The smallest absolute Gasteiger partial charge is 0.283 e. The van der Waals surface area contributed by atoms with Crippen molar-refractivity contribution in [3.05, 3.63) is 30.1 Å². The van der Waals surface area contributed by atoms with E-state index in [2.05, 4.69) is 19.7 Å². The molecule has 0 aromatic carbocycles. The number of hydrogen-bond donors (Lipinski definition) is 1. The number of aromatic nitrogens is 4. The zero-order valence-corrected chi connectivity index (χ0v) is 10.3.